The molecule has 0 radical (unpaired) electrons. The molecule has 0 heterocycles. The van der Waals surface area contributed by atoms with Gasteiger partial charge in [0.05, 0.1) is 12.2 Å². The van der Waals surface area contributed by atoms with Gasteiger partial charge in [0.15, 0.2) is 17.3 Å². The predicted molar refractivity (Wildman–Crippen MR) is 66.4 cm³/mol. The molecule has 1 aromatic carbocycles. The zero-order valence-corrected chi connectivity index (χ0v) is 11.0. The standard InChI is InChI=1S/C14H17F3O2/c1-3-5-6-10(18)9-7-8-11(19-4-2)13(15)12(9)14(16)17/h7-8,14H,3-6H2,1-2H3. The van der Waals surface area contributed by atoms with Crippen molar-refractivity contribution in [2.75, 3.05) is 6.61 Å². The van der Waals surface area contributed by atoms with E-state index in [1.165, 1.54) is 12.1 Å². The highest BCUT2D eigenvalue weighted by Crippen LogP contribution is 2.32. The minimum Gasteiger partial charge on any atom is -0.491 e. The molecule has 0 N–H and O–H groups in total. The summed E-state index contributed by atoms with van der Waals surface area (Å²) >= 11 is 0. The quantitative estimate of drug-likeness (QED) is 0.682. The molecule has 5 heteroatoms. The summed E-state index contributed by atoms with van der Waals surface area (Å²) in [5.74, 6) is -1.84. The monoisotopic (exact) mass is 274 g/mol. The van der Waals surface area contributed by atoms with Gasteiger partial charge in [-0.15, -0.1) is 0 Å². The highest BCUT2D eigenvalue weighted by molar-refractivity contribution is 5.97. The van der Waals surface area contributed by atoms with Crippen LogP contribution in [-0.2, 0) is 0 Å². The van der Waals surface area contributed by atoms with Gasteiger partial charge in [-0.05, 0) is 25.5 Å². The first kappa shape index (κ1) is 15.5. The highest BCUT2D eigenvalue weighted by Gasteiger charge is 2.25. The normalized spacial score (nSPS) is 10.8. The second kappa shape index (κ2) is 7.16. The van der Waals surface area contributed by atoms with Gasteiger partial charge in [-0.3, -0.25) is 4.79 Å². The Bertz CT molecular complexity index is 445. The molecular weight excluding hydrogens is 257 g/mol. The molecule has 0 saturated heterocycles. The van der Waals surface area contributed by atoms with E-state index < -0.39 is 23.6 Å². The Morgan fingerprint density at radius 2 is 2.00 bits per heavy atom. The lowest BCUT2D eigenvalue weighted by atomic mass is 9.99. The topological polar surface area (TPSA) is 26.3 Å². The maximum absolute atomic E-state index is 13.9. The Kier molecular flexibility index (Phi) is 5.86. The first-order valence-electron chi connectivity index (χ1n) is 6.29. The summed E-state index contributed by atoms with van der Waals surface area (Å²) in [5, 5.41) is 0. The van der Waals surface area contributed by atoms with E-state index in [0.717, 1.165) is 6.42 Å². The van der Waals surface area contributed by atoms with Crippen molar-refractivity contribution in [1.82, 2.24) is 0 Å². The van der Waals surface area contributed by atoms with Gasteiger partial charge in [0.2, 0.25) is 0 Å². The molecule has 2 nitrogen and oxygen atoms in total. The van der Waals surface area contributed by atoms with E-state index in [1.54, 1.807) is 6.92 Å². The fourth-order valence-electron chi connectivity index (χ4n) is 1.77. The molecule has 0 saturated carbocycles. The van der Waals surface area contributed by atoms with Crippen molar-refractivity contribution < 1.29 is 22.7 Å². The number of benzene rings is 1. The van der Waals surface area contributed by atoms with E-state index in [2.05, 4.69) is 0 Å². The summed E-state index contributed by atoms with van der Waals surface area (Å²) in [6, 6.07) is 2.44. The summed E-state index contributed by atoms with van der Waals surface area (Å²) in [6.07, 6.45) is -1.53. The van der Waals surface area contributed by atoms with Gasteiger partial charge in [0.1, 0.15) is 0 Å². The third kappa shape index (κ3) is 3.72. The second-order valence-electron chi connectivity index (χ2n) is 4.10. The highest BCUT2D eigenvalue weighted by atomic mass is 19.3. The van der Waals surface area contributed by atoms with Crippen molar-refractivity contribution in [3.63, 3.8) is 0 Å². The molecular formula is C14H17F3O2. The number of alkyl halides is 2. The lowest BCUT2D eigenvalue weighted by Gasteiger charge is -2.12. The fraction of sp³-hybridized carbons (Fsp3) is 0.500. The summed E-state index contributed by atoms with van der Waals surface area (Å²) in [7, 11) is 0. The van der Waals surface area contributed by atoms with Crippen molar-refractivity contribution in [2.45, 2.75) is 39.5 Å². The van der Waals surface area contributed by atoms with Crippen LogP contribution in [0.25, 0.3) is 0 Å². The van der Waals surface area contributed by atoms with Crippen LogP contribution in [0.1, 0.15) is 55.5 Å². The van der Waals surface area contributed by atoms with Crippen LogP contribution in [0.5, 0.6) is 5.75 Å². The minimum absolute atomic E-state index is 0.143. The molecule has 106 valence electrons. The zero-order chi connectivity index (χ0) is 14.4. The van der Waals surface area contributed by atoms with E-state index in [4.69, 9.17) is 4.74 Å². The van der Waals surface area contributed by atoms with Crippen LogP contribution < -0.4 is 4.74 Å². The second-order valence-corrected chi connectivity index (χ2v) is 4.10. The maximum Gasteiger partial charge on any atom is 0.267 e. The molecule has 0 aliphatic heterocycles. The largest absolute Gasteiger partial charge is 0.491 e. The average molecular weight is 274 g/mol. The van der Waals surface area contributed by atoms with Crippen LogP contribution in [0.3, 0.4) is 0 Å². The third-order valence-electron chi connectivity index (χ3n) is 2.72. The van der Waals surface area contributed by atoms with Gasteiger partial charge in [-0.1, -0.05) is 13.3 Å². The van der Waals surface area contributed by atoms with Crippen LogP contribution in [-0.4, -0.2) is 12.4 Å². The lowest BCUT2D eigenvalue weighted by Crippen LogP contribution is -2.08. The number of ketones is 1. The van der Waals surface area contributed by atoms with Crippen molar-refractivity contribution in [2.24, 2.45) is 0 Å². The number of unbranched alkanes of at least 4 members (excludes halogenated alkanes) is 1. The smallest absolute Gasteiger partial charge is 0.267 e. The van der Waals surface area contributed by atoms with Crippen molar-refractivity contribution >= 4 is 5.78 Å². The number of rotatable bonds is 7. The van der Waals surface area contributed by atoms with Gasteiger partial charge < -0.3 is 4.74 Å². The molecule has 0 aliphatic carbocycles. The molecule has 1 aromatic rings. The van der Waals surface area contributed by atoms with Crippen LogP contribution >= 0.6 is 0 Å². The Hall–Kier alpha value is -1.52. The number of ether oxygens (including phenoxy) is 1. The third-order valence-corrected chi connectivity index (χ3v) is 2.72. The van der Waals surface area contributed by atoms with E-state index in [0.29, 0.717) is 6.42 Å². The summed E-state index contributed by atoms with van der Waals surface area (Å²) in [5.41, 5.74) is -1.10. The maximum atomic E-state index is 13.9. The Balaban J connectivity index is 3.17. The fourth-order valence-corrected chi connectivity index (χ4v) is 1.77. The number of hydrogen-bond acceptors (Lipinski definition) is 2. The van der Waals surface area contributed by atoms with Crippen molar-refractivity contribution in [1.29, 1.82) is 0 Å². The summed E-state index contributed by atoms with van der Waals surface area (Å²) < 4.78 is 44.7. The molecule has 0 unspecified atom stereocenters. The summed E-state index contributed by atoms with van der Waals surface area (Å²) in [4.78, 5) is 11.8. The number of carbonyl (C=O) groups is 1. The molecule has 0 aliphatic rings. The van der Waals surface area contributed by atoms with Crippen molar-refractivity contribution in [3.8, 4) is 5.75 Å². The molecule has 0 spiro atoms. The van der Waals surface area contributed by atoms with Gasteiger partial charge in [-0.2, -0.15) is 0 Å². The van der Waals surface area contributed by atoms with Crippen LogP contribution in [0, 0.1) is 5.82 Å². The molecule has 0 fully saturated rings. The number of halogens is 3. The molecule has 0 bridgehead atoms. The SMILES string of the molecule is CCCCC(=O)c1ccc(OCC)c(F)c1C(F)F. The van der Waals surface area contributed by atoms with Gasteiger partial charge in [0, 0.05) is 12.0 Å². The Morgan fingerprint density at radius 3 is 2.53 bits per heavy atom. The van der Waals surface area contributed by atoms with Gasteiger partial charge >= 0.3 is 0 Å². The Labute approximate surface area is 110 Å². The summed E-state index contributed by atoms with van der Waals surface area (Å²) in [6.45, 7) is 3.69. The Morgan fingerprint density at radius 1 is 1.32 bits per heavy atom. The van der Waals surface area contributed by atoms with E-state index in [1.807, 2.05) is 6.92 Å². The molecule has 0 atom stereocenters. The molecule has 0 amide bonds. The number of Topliss-reactive ketones (excluding diaryl/α,β-unsaturated/α-hetero) is 1. The minimum atomic E-state index is -3.04. The van der Waals surface area contributed by atoms with Crippen molar-refractivity contribution in [3.05, 3.63) is 29.1 Å². The number of carbonyl (C=O) groups excluding carboxylic acids is 1. The lowest BCUT2D eigenvalue weighted by molar-refractivity contribution is 0.0962. The van der Waals surface area contributed by atoms with Gasteiger partial charge in [-0.25, -0.2) is 13.2 Å². The van der Waals surface area contributed by atoms with E-state index in [9.17, 15) is 18.0 Å². The van der Waals surface area contributed by atoms with Crippen LogP contribution in [0.2, 0.25) is 0 Å². The average Bonchev–Trinajstić information content (AvgIpc) is 2.37. The first-order chi connectivity index (χ1) is 9.02. The zero-order valence-electron chi connectivity index (χ0n) is 11.0. The van der Waals surface area contributed by atoms with E-state index >= 15 is 0 Å². The predicted octanol–water partition coefficient (Wildman–Crippen LogP) is 4.53. The molecule has 0 aromatic heterocycles. The van der Waals surface area contributed by atoms with E-state index in [-0.39, 0.29) is 24.3 Å². The molecule has 1 rings (SSSR count). The first-order valence-corrected chi connectivity index (χ1v) is 6.29. The van der Waals surface area contributed by atoms with Gasteiger partial charge in [0.25, 0.3) is 6.43 Å². The van der Waals surface area contributed by atoms with Crippen LogP contribution in [0.4, 0.5) is 13.2 Å². The number of hydrogen-bond donors (Lipinski definition) is 0. The molecule has 19 heavy (non-hydrogen) atoms. The van der Waals surface area contributed by atoms with Crippen LogP contribution in [0.15, 0.2) is 12.1 Å².